The molecule has 2 fully saturated rings. The lowest BCUT2D eigenvalue weighted by molar-refractivity contribution is -0.0215. The van der Waals surface area contributed by atoms with Crippen LogP contribution < -0.4 is 5.73 Å². The van der Waals surface area contributed by atoms with E-state index in [0.717, 1.165) is 24.4 Å². The van der Waals surface area contributed by atoms with Crippen LogP contribution in [-0.2, 0) is 0 Å². The summed E-state index contributed by atoms with van der Waals surface area (Å²) in [6, 6.07) is 0.742. The molecule has 0 radical (unpaired) electrons. The molecule has 0 aromatic heterocycles. The average Bonchev–Trinajstić information content (AvgIpc) is 2.43. The van der Waals surface area contributed by atoms with Crippen LogP contribution in [0.3, 0.4) is 0 Å². The van der Waals surface area contributed by atoms with E-state index in [1.807, 2.05) is 0 Å². The number of nitrogens with zero attached hydrogens (tertiary/aromatic N) is 1. The molecule has 14 heavy (non-hydrogen) atoms. The maximum absolute atomic E-state index is 5.98. The molecule has 0 amide bonds. The Morgan fingerprint density at radius 2 is 1.93 bits per heavy atom. The van der Waals surface area contributed by atoms with Gasteiger partial charge in [-0.3, -0.25) is 4.90 Å². The molecule has 1 aliphatic heterocycles. The quantitative estimate of drug-likeness (QED) is 0.730. The van der Waals surface area contributed by atoms with Gasteiger partial charge in [0.25, 0.3) is 0 Å². The van der Waals surface area contributed by atoms with Crippen molar-refractivity contribution < 1.29 is 0 Å². The Labute approximate surface area is 87.8 Å². The standard InChI is InChI=1S/C12H24N2/c1-9-6-12(7-9,8-13)14-5-4-10(2)11(14)3/h9-11H,4-8,13H2,1-3H3. The summed E-state index contributed by atoms with van der Waals surface area (Å²) < 4.78 is 0. The van der Waals surface area contributed by atoms with Gasteiger partial charge in [-0.1, -0.05) is 13.8 Å². The fraction of sp³-hybridized carbons (Fsp3) is 1.00. The van der Waals surface area contributed by atoms with Crippen LogP contribution in [0.1, 0.15) is 40.0 Å². The molecule has 1 saturated heterocycles. The first kappa shape index (κ1) is 10.4. The van der Waals surface area contributed by atoms with Crippen LogP contribution >= 0.6 is 0 Å². The molecule has 0 aromatic carbocycles. The van der Waals surface area contributed by atoms with Crippen molar-refractivity contribution in [3.8, 4) is 0 Å². The summed E-state index contributed by atoms with van der Waals surface area (Å²) in [6.07, 6.45) is 4.00. The molecule has 2 atom stereocenters. The van der Waals surface area contributed by atoms with Crippen molar-refractivity contribution in [1.82, 2.24) is 4.90 Å². The van der Waals surface area contributed by atoms with Crippen molar-refractivity contribution in [2.75, 3.05) is 13.1 Å². The topological polar surface area (TPSA) is 29.3 Å². The van der Waals surface area contributed by atoms with E-state index < -0.39 is 0 Å². The highest BCUT2D eigenvalue weighted by atomic mass is 15.3. The van der Waals surface area contributed by atoms with Gasteiger partial charge in [-0.25, -0.2) is 0 Å². The van der Waals surface area contributed by atoms with Crippen molar-refractivity contribution in [2.24, 2.45) is 17.6 Å². The van der Waals surface area contributed by atoms with Crippen LogP contribution in [0.25, 0.3) is 0 Å². The fourth-order valence-corrected chi connectivity index (χ4v) is 3.52. The van der Waals surface area contributed by atoms with E-state index in [1.54, 1.807) is 0 Å². The van der Waals surface area contributed by atoms with Crippen molar-refractivity contribution in [2.45, 2.75) is 51.6 Å². The molecule has 1 heterocycles. The number of rotatable bonds is 2. The smallest absolute Gasteiger partial charge is 0.0339 e. The summed E-state index contributed by atoms with van der Waals surface area (Å²) in [6.45, 7) is 9.22. The van der Waals surface area contributed by atoms with Gasteiger partial charge in [-0.15, -0.1) is 0 Å². The second-order valence-electron chi connectivity index (χ2n) is 5.64. The van der Waals surface area contributed by atoms with Crippen LogP contribution in [0.2, 0.25) is 0 Å². The van der Waals surface area contributed by atoms with Gasteiger partial charge in [0.2, 0.25) is 0 Å². The predicted molar refractivity (Wildman–Crippen MR) is 60.1 cm³/mol. The van der Waals surface area contributed by atoms with E-state index in [0.29, 0.717) is 5.54 Å². The predicted octanol–water partition coefficient (Wildman–Crippen LogP) is 1.84. The molecule has 2 aliphatic rings. The van der Waals surface area contributed by atoms with E-state index in [1.165, 1.54) is 25.8 Å². The van der Waals surface area contributed by atoms with Gasteiger partial charge < -0.3 is 5.73 Å². The number of likely N-dealkylation sites (tertiary alicyclic amines) is 1. The minimum Gasteiger partial charge on any atom is -0.329 e. The summed E-state index contributed by atoms with van der Waals surface area (Å²) >= 11 is 0. The third kappa shape index (κ3) is 1.40. The van der Waals surface area contributed by atoms with Crippen LogP contribution in [0, 0.1) is 11.8 Å². The van der Waals surface area contributed by atoms with Crippen LogP contribution in [0.4, 0.5) is 0 Å². The summed E-state index contributed by atoms with van der Waals surface area (Å²) in [5, 5.41) is 0. The zero-order valence-electron chi connectivity index (χ0n) is 9.79. The lowest BCUT2D eigenvalue weighted by Crippen LogP contribution is -2.62. The van der Waals surface area contributed by atoms with Gasteiger partial charge in [0.15, 0.2) is 0 Å². The molecule has 1 saturated carbocycles. The van der Waals surface area contributed by atoms with E-state index in [9.17, 15) is 0 Å². The second-order valence-corrected chi connectivity index (χ2v) is 5.64. The maximum Gasteiger partial charge on any atom is 0.0339 e. The first-order chi connectivity index (χ1) is 6.59. The summed E-state index contributed by atoms with van der Waals surface area (Å²) in [5.41, 5.74) is 6.36. The minimum atomic E-state index is 0.379. The maximum atomic E-state index is 5.98. The number of hydrogen-bond acceptors (Lipinski definition) is 2. The van der Waals surface area contributed by atoms with Gasteiger partial charge >= 0.3 is 0 Å². The van der Waals surface area contributed by atoms with E-state index in [2.05, 4.69) is 25.7 Å². The van der Waals surface area contributed by atoms with Crippen LogP contribution in [0.15, 0.2) is 0 Å². The highest BCUT2D eigenvalue weighted by molar-refractivity contribution is 5.05. The van der Waals surface area contributed by atoms with Crippen LogP contribution in [-0.4, -0.2) is 29.6 Å². The molecule has 2 rings (SSSR count). The van der Waals surface area contributed by atoms with Crippen molar-refractivity contribution >= 4 is 0 Å². The first-order valence-corrected chi connectivity index (χ1v) is 6.06. The van der Waals surface area contributed by atoms with Crippen molar-refractivity contribution in [1.29, 1.82) is 0 Å². The highest BCUT2D eigenvalue weighted by Crippen LogP contribution is 2.45. The Bertz CT molecular complexity index is 208. The molecular formula is C12H24N2. The van der Waals surface area contributed by atoms with Gasteiger partial charge in [0.1, 0.15) is 0 Å². The lowest BCUT2D eigenvalue weighted by Gasteiger charge is -2.54. The van der Waals surface area contributed by atoms with Gasteiger partial charge in [-0.05, 0) is 44.6 Å². The molecule has 2 unspecified atom stereocenters. The van der Waals surface area contributed by atoms with Gasteiger partial charge in [-0.2, -0.15) is 0 Å². The molecule has 0 spiro atoms. The molecule has 0 bridgehead atoms. The van der Waals surface area contributed by atoms with Crippen molar-refractivity contribution in [3.63, 3.8) is 0 Å². The monoisotopic (exact) mass is 196 g/mol. The largest absolute Gasteiger partial charge is 0.329 e. The Kier molecular flexibility index (Phi) is 2.61. The number of hydrogen-bond donors (Lipinski definition) is 1. The fourth-order valence-electron chi connectivity index (χ4n) is 3.52. The summed E-state index contributed by atoms with van der Waals surface area (Å²) in [7, 11) is 0. The summed E-state index contributed by atoms with van der Waals surface area (Å²) in [5.74, 6) is 1.75. The second kappa shape index (κ2) is 3.49. The Hall–Kier alpha value is -0.0800. The van der Waals surface area contributed by atoms with Gasteiger partial charge in [0.05, 0.1) is 0 Å². The highest BCUT2D eigenvalue weighted by Gasteiger charge is 2.49. The SMILES string of the molecule is CC1CC(CN)(N2CCC(C)C2C)C1. The normalized spacial score (nSPS) is 49.3. The molecule has 2 nitrogen and oxygen atoms in total. The average molecular weight is 196 g/mol. The Morgan fingerprint density at radius 1 is 1.29 bits per heavy atom. The third-order valence-corrected chi connectivity index (χ3v) is 4.59. The Balaban J connectivity index is 2.06. The van der Waals surface area contributed by atoms with E-state index >= 15 is 0 Å². The molecule has 2 heteroatoms. The lowest BCUT2D eigenvalue weighted by atomic mass is 9.67. The Morgan fingerprint density at radius 3 is 2.29 bits per heavy atom. The zero-order valence-corrected chi connectivity index (χ0v) is 9.79. The van der Waals surface area contributed by atoms with Gasteiger partial charge in [0, 0.05) is 18.1 Å². The van der Waals surface area contributed by atoms with Crippen LogP contribution in [0.5, 0.6) is 0 Å². The van der Waals surface area contributed by atoms with Crippen molar-refractivity contribution in [3.05, 3.63) is 0 Å². The molecule has 1 aliphatic carbocycles. The van der Waals surface area contributed by atoms with E-state index in [-0.39, 0.29) is 0 Å². The number of nitrogens with two attached hydrogens (primary N) is 1. The minimum absolute atomic E-state index is 0.379. The molecule has 82 valence electrons. The molecule has 2 N–H and O–H groups in total. The summed E-state index contributed by atoms with van der Waals surface area (Å²) in [4.78, 5) is 2.69. The molecule has 0 aromatic rings. The third-order valence-electron chi connectivity index (χ3n) is 4.59. The van der Waals surface area contributed by atoms with E-state index in [4.69, 9.17) is 5.73 Å². The zero-order chi connectivity index (χ0) is 10.3. The molecular weight excluding hydrogens is 172 g/mol. The first-order valence-electron chi connectivity index (χ1n) is 6.06.